The van der Waals surface area contributed by atoms with E-state index in [1.165, 1.54) is 6.42 Å². The molecule has 1 saturated heterocycles. The molecule has 1 aliphatic heterocycles. The van der Waals surface area contributed by atoms with Gasteiger partial charge in [-0.25, -0.2) is 0 Å². The van der Waals surface area contributed by atoms with Gasteiger partial charge in [0, 0.05) is 12.6 Å². The molecule has 0 bridgehead atoms. The molecule has 1 unspecified atom stereocenters. The van der Waals surface area contributed by atoms with Crippen LogP contribution in [0.15, 0.2) is 0 Å². The summed E-state index contributed by atoms with van der Waals surface area (Å²) >= 11 is 0. The fourth-order valence-electron chi connectivity index (χ4n) is 2.11. The summed E-state index contributed by atoms with van der Waals surface area (Å²) in [6, 6.07) is 0. The van der Waals surface area contributed by atoms with Gasteiger partial charge in [0.2, 0.25) is 0 Å². The Kier molecular flexibility index (Phi) is 3.03. The molecule has 0 aromatic carbocycles. The van der Waals surface area contributed by atoms with Crippen molar-refractivity contribution in [2.45, 2.75) is 51.7 Å². The van der Waals surface area contributed by atoms with Crippen molar-refractivity contribution in [3.05, 3.63) is 0 Å². The summed E-state index contributed by atoms with van der Waals surface area (Å²) in [5.41, 5.74) is 0.309. The molecule has 13 heavy (non-hydrogen) atoms. The smallest absolute Gasteiger partial charge is 0.0626 e. The lowest BCUT2D eigenvalue weighted by Crippen LogP contribution is -2.41. The van der Waals surface area contributed by atoms with E-state index < -0.39 is 0 Å². The standard InChI is InChI=1S/C11H23NO/c1-10(2,13-5)8-9-6-7-12-11(9,3)4/h9,12H,6-8H2,1-5H3. The quantitative estimate of drug-likeness (QED) is 0.727. The highest BCUT2D eigenvalue weighted by atomic mass is 16.5. The Bertz CT molecular complexity index is 175. The van der Waals surface area contributed by atoms with Crippen molar-refractivity contribution >= 4 is 0 Å². The molecule has 1 atom stereocenters. The predicted octanol–water partition coefficient (Wildman–Crippen LogP) is 2.19. The summed E-state index contributed by atoms with van der Waals surface area (Å²) in [4.78, 5) is 0. The van der Waals surface area contributed by atoms with Crippen LogP contribution in [0.3, 0.4) is 0 Å². The van der Waals surface area contributed by atoms with Crippen LogP contribution in [0.2, 0.25) is 0 Å². The molecule has 1 N–H and O–H groups in total. The van der Waals surface area contributed by atoms with Crippen LogP contribution >= 0.6 is 0 Å². The van der Waals surface area contributed by atoms with E-state index in [9.17, 15) is 0 Å². The Hall–Kier alpha value is -0.0800. The summed E-state index contributed by atoms with van der Waals surface area (Å²) in [5, 5.41) is 3.54. The van der Waals surface area contributed by atoms with Crippen LogP contribution in [0, 0.1) is 5.92 Å². The molecule has 78 valence electrons. The molecular formula is C11H23NO. The lowest BCUT2D eigenvalue weighted by atomic mass is 9.81. The van der Waals surface area contributed by atoms with Gasteiger partial charge in [0.05, 0.1) is 5.60 Å². The van der Waals surface area contributed by atoms with Crippen molar-refractivity contribution < 1.29 is 4.74 Å². The van der Waals surface area contributed by atoms with Gasteiger partial charge in [-0.1, -0.05) is 0 Å². The molecule has 0 aliphatic carbocycles. The van der Waals surface area contributed by atoms with Crippen LogP contribution in [0.1, 0.15) is 40.5 Å². The van der Waals surface area contributed by atoms with Crippen molar-refractivity contribution in [2.24, 2.45) is 5.92 Å². The summed E-state index contributed by atoms with van der Waals surface area (Å²) < 4.78 is 5.47. The molecule has 0 amide bonds. The molecule has 0 aromatic rings. The van der Waals surface area contributed by atoms with Gasteiger partial charge in [-0.15, -0.1) is 0 Å². The van der Waals surface area contributed by atoms with E-state index in [1.54, 1.807) is 7.11 Å². The lowest BCUT2D eigenvalue weighted by Gasteiger charge is -2.33. The second-order valence-electron chi connectivity index (χ2n) is 5.30. The summed E-state index contributed by atoms with van der Waals surface area (Å²) in [5.74, 6) is 0.738. The minimum absolute atomic E-state index is 0.0218. The summed E-state index contributed by atoms with van der Waals surface area (Å²) in [6.07, 6.45) is 2.42. The van der Waals surface area contributed by atoms with Crippen molar-refractivity contribution in [2.75, 3.05) is 13.7 Å². The van der Waals surface area contributed by atoms with Crippen LogP contribution in [-0.2, 0) is 4.74 Å². The Morgan fingerprint density at radius 3 is 2.46 bits per heavy atom. The third kappa shape index (κ3) is 2.68. The topological polar surface area (TPSA) is 21.3 Å². The van der Waals surface area contributed by atoms with Crippen molar-refractivity contribution in [1.29, 1.82) is 0 Å². The first kappa shape index (κ1) is 11.0. The third-order valence-corrected chi connectivity index (χ3v) is 3.38. The van der Waals surface area contributed by atoms with Gasteiger partial charge in [0.1, 0.15) is 0 Å². The summed E-state index contributed by atoms with van der Waals surface area (Å²) in [7, 11) is 1.80. The van der Waals surface area contributed by atoms with Crippen LogP contribution in [-0.4, -0.2) is 24.8 Å². The van der Waals surface area contributed by atoms with E-state index in [0.29, 0.717) is 0 Å². The van der Waals surface area contributed by atoms with E-state index in [-0.39, 0.29) is 11.1 Å². The average Bonchev–Trinajstić information content (AvgIpc) is 2.31. The monoisotopic (exact) mass is 185 g/mol. The van der Waals surface area contributed by atoms with Gasteiger partial charge in [-0.3, -0.25) is 0 Å². The van der Waals surface area contributed by atoms with Gasteiger partial charge in [0.15, 0.2) is 0 Å². The molecule has 1 fully saturated rings. The van der Waals surface area contributed by atoms with Gasteiger partial charge in [-0.05, 0) is 53.0 Å². The molecule has 0 saturated carbocycles. The summed E-state index contributed by atoms with van der Waals surface area (Å²) in [6.45, 7) is 10.1. The highest BCUT2D eigenvalue weighted by Crippen LogP contribution is 2.33. The maximum absolute atomic E-state index is 5.47. The Morgan fingerprint density at radius 1 is 1.46 bits per heavy atom. The molecule has 0 radical (unpaired) electrons. The van der Waals surface area contributed by atoms with E-state index in [4.69, 9.17) is 4.74 Å². The molecule has 1 rings (SSSR count). The van der Waals surface area contributed by atoms with Gasteiger partial charge in [0.25, 0.3) is 0 Å². The molecule has 0 aromatic heterocycles. The Labute approximate surface area is 82.0 Å². The molecule has 2 nitrogen and oxygen atoms in total. The SMILES string of the molecule is COC(C)(C)CC1CCNC1(C)C. The van der Waals surface area contributed by atoms with Crippen molar-refractivity contribution in [3.8, 4) is 0 Å². The highest BCUT2D eigenvalue weighted by Gasteiger charge is 2.37. The van der Waals surface area contributed by atoms with Crippen LogP contribution in [0.5, 0.6) is 0 Å². The molecule has 1 heterocycles. The largest absolute Gasteiger partial charge is 0.379 e. The number of ether oxygens (including phenoxy) is 1. The normalized spacial score (nSPS) is 27.9. The first-order valence-corrected chi connectivity index (χ1v) is 5.17. The van der Waals surface area contributed by atoms with Crippen molar-refractivity contribution in [3.63, 3.8) is 0 Å². The fourth-order valence-corrected chi connectivity index (χ4v) is 2.11. The van der Waals surface area contributed by atoms with Gasteiger partial charge >= 0.3 is 0 Å². The van der Waals surface area contributed by atoms with Gasteiger partial charge in [-0.2, -0.15) is 0 Å². The second-order valence-corrected chi connectivity index (χ2v) is 5.30. The zero-order chi connectivity index (χ0) is 10.1. The number of nitrogens with one attached hydrogen (secondary N) is 1. The van der Waals surface area contributed by atoms with E-state index >= 15 is 0 Å². The Balaban J connectivity index is 2.54. The van der Waals surface area contributed by atoms with Crippen LogP contribution in [0.25, 0.3) is 0 Å². The van der Waals surface area contributed by atoms with E-state index in [0.717, 1.165) is 18.9 Å². The predicted molar refractivity (Wildman–Crippen MR) is 55.9 cm³/mol. The minimum atomic E-state index is 0.0218. The minimum Gasteiger partial charge on any atom is -0.379 e. The number of hydrogen-bond acceptors (Lipinski definition) is 2. The van der Waals surface area contributed by atoms with Crippen molar-refractivity contribution in [1.82, 2.24) is 5.32 Å². The second kappa shape index (κ2) is 3.58. The molecule has 0 spiro atoms. The van der Waals surface area contributed by atoms with Gasteiger partial charge < -0.3 is 10.1 Å². The Morgan fingerprint density at radius 2 is 2.08 bits per heavy atom. The molecular weight excluding hydrogens is 162 g/mol. The molecule has 1 aliphatic rings. The van der Waals surface area contributed by atoms with E-state index in [2.05, 4.69) is 33.0 Å². The first-order chi connectivity index (χ1) is 5.87. The number of methoxy groups -OCH3 is 1. The fraction of sp³-hybridized carbons (Fsp3) is 1.00. The van der Waals surface area contributed by atoms with Crippen LogP contribution in [0.4, 0.5) is 0 Å². The zero-order valence-corrected chi connectivity index (χ0v) is 9.61. The maximum atomic E-state index is 5.47. The third-order valence-electron chi connectivity index (χ3n) is 3.38. The first-order valence-electron chi connectivity index (χ1n) is 5.17. The van der Waals surface area contributed by atoms with Crippen LogP contribution < -0.4 is 5.32 Å². The zero-order valence-electron chi connectivity index (χ0n) is 9.61. The maximum Gasteiger partial charge on any atom is 0.0626 e. The average molecular weight is 185 g/mol. The number of rotatable bonds is 3. The lowest BCUT2D eigenvalue weighted by molar-refractivity contribution is -0.00399. The number of hydrogen-bond donors (Lipinski definition) is 1. The highest BCUT2D eigenvalue weighted by molar-refractivity contribution is 4.94. The molecule has 2 heteroatoms. The van der Waals surface area contributed by atoms with E-state index in [1.807, 2.05) is 0 Å².